The van der Waals surface area contributed by atoms with Crippen molar-refractivity contribution in [1.29, 1.82) is 0 Å². The van der Waals surface area contributed by atoms with E-state index in [1.807, 2.05) is 0 Å². The maximum absolute atomic E-state index is 12.9. The molecule has 0 N–H and O–H groups in total. The van der Waals surface area contributed by atoms with Crippen molar-refractivity contribution < 1.29 is 8.78 Å². The zero-order valence-electron chi connectivity index (χ0n) is 7.25. The molecule has 1 aromatic heterocycles. The van der Waals surface area contributed by atoms with E-state index in [1.54, 1.807) is 0 Å². The number of alkyl halides is 2. The number of hydrogen-bond donors (Lipinski definition) is 0. The second kappa shape index (κ2) is 3.31. The summed E-state index contributed by atoms with van der Waals surface area (Å²) in [5.74, 6) is -2.30. The smallest absolute Gasteiger partial charge is 0.266 e. The van der Waals surface area contributed by atoms with E-state index in [1.165, 1.54) is 17.3 Å². The summed E-state index contributed by atoms with van der Waals surface area (Å²) in [7, 11) is 0. The normalized spacial score (nSPS) is 20.1. The molecule has 3 nitrogen and oxygen atoms in total. The minimum atomic E-state index is -2.64. The molecular formula is C8H8ClF2N3. The van der Waals surface area contributed by atoms with Crippen LogP contribution in [0, 0.1) is 0 Å². The molecule has 1 aliphatic rings. The van der Waals surface area contributed by atoms with Crippen LogP contribution in [0.2, 0.25) is 5.15 Å². The highest BCUT2D eigenvalue weighted by atomic mass is 35.5. The Morgan fingerprint density at radius 1 is 1.36 bits per heavy atom. The van der Waals surface area contributed by atoms with Crippen LogP contribution in [-0.2, 0) is 0 Å². The SMILES string of the molecule is FC1(F)CCN(c2nccnc2Cl)C1. The van der Waals surface area contributed by atoms with Crippen LogP contribution in [0.4, 0.5) is 14.6 Å². The van der Waals surface area contributed by atoms with E-state index in [9.17, 15) is 8.78 Å². The van der Waals surface area contributed by atoms with Crippen molar-refractivity contribution in [3.8, 4) is 0 Å². The fraction of sp³-hybridized carbons (Fsp3) is 0.500. The first-order valence-electron chi connectivity index (χ1n) is 4.18. The van der Waals surface area contributed by atoms with Crippen LogP contribution in [0.1, 0.15) is 6.42 Å². The molecule has 1 fully saturated rings. The van der Waals surface area contributed by atoms with Crippen LogP contribution < -0.4 is 4.90 Å². The lowest BCUT2D eigenvalue weighted by atomic mass is 10.3. The summed E-state index contributed by atoms with van der Waals surface area (Å²) in [6.07, 6.45) is 2.72. The maximum Gasteiger partial charge on any atom is 0.266 e. The Balaban J connectivity index is 2.22. The number of anilines is 1. The van der Waals surface area contributed by atoms with Crippen molar-refractivity contribution in [1.82, 2.24) is 9.97 Å². The standard InChI is InChI=1S/C8H8ClF2N3/c9-6-7(13-3-2-12-6)14-4-1-8(10,11)5-14/h2-3H,1,4-5H2. The van der Waals surface area contributed by atoms with E-state index >= 15 is 0 Å². The van der Waals surface area contributed by atoms with Crippen LogP contribution in [-0.4, -0.2) is 29.0 Å². The van der Waals surface area contributed by atoms with Gasteiger partial charge in [-0.05, 0) is 0 Å². The fourth-order valence-electron chi connectivity index (χ4n) is 1.44. The third kappa shape index (κ3) is 1.77. The van der Waals surface area contributed by atoms with E-state index in [0.29, 0.717) is 5.82 Å². The lowest BCUT2D eigenvalue weighted by Gasteiger charge is -2.16. The summed E-state index contributed by atoms with van der Waals surface area (Å²) < 4.78 is 25.8. The minimum Gasteiger partial charge on any atom is -0.348 e. The Hall–Kier alpha value is -0.970. The highest BCUT2D eigenvalue weighted by Crippen LogP contribution is 2.31. The van der Waals surface area contributed by atoms with Crippen molar-refractivity contribution in [3.05, 3.63) is 17.5 Å². The van der Waals surface area contributed by atoms with E-state index in [4.69, 9.17) is 11.6 Å². The van der Waals surface area contributed by atoms with Gasteiger partial charge >= 0.3 is 0 Å². The molecule has 0 saturated carbocycles. The number of hydrogen-bond acceptors (Lipinski definition) is 3. The summed E-state index contributed by atoms with van der Waals surface area (Å²) in [5, 5.41) is 0.171. The van der Waals surface area contributed by atoms with Gasteiger partial charge in [-0.15, -0.1) is 0 Å². The van der Waals surface area contributed by atoms with Gasteiger partial charge in [-0.25, -0.2) is 18.7 Å². The number of rotatable bonds is 1. The minimum absolute atomic E-state index is 0.153. The third-order valence-corrected chi connectivity index (χ3v) is 2.37. The highest BCUT2D eigenvalue weighted by Gasteiger charge is 2.39. The molecule has 0 unspecified atom stereocenters. The van der Waals surface area contributed by atoms with Gasteiger partial charge in [0.25, 0.3) is 5.92 Å². The van der Waals surface area contributed by atoms with Crippen LogP contribution in [0.3, 0.4) is 0 Å². The largest absolute Gasteiger partial charge is 0.348 e. The molecule has 0 aliphatic carbocycles. The van der Waals surface area contributed by atoms with Crippen molar-refractivity contribution in [2.24, 2.45) is 0 Å². The summed E-state index contributed by atoms with van der Waals surface area (Å²) in [4.78, 5) is 9.17. The molecule has 0 bridgehead atoms. The topological polar surface area (TPSA) is 29.0 Å². The Labute approximate surface area is 84.7 Å². The number of aromatic nitrogens is 2. The molecule has 1 saturated heterocycles. The molecule has 0 radical (unpaired) electrons. The van der Waals surface area contributed by atoms with Gasteiger partial charge in [0.15, 0.2) is 11.0 Å². The molecule has 0 aromatic carbocycles. The van der Waals surface area contributed by atoms with Gasteiger partial charge in [0.1, 0.15) is 0 Å². The summed E-state index contributed by atoms with van der Waals surface area (Å²) in [6, 6.07) is 0. The van der Waals surface area contributed by atoms with Gasteiger partial charge in [-0.2, -0.15) is 0 Å². The van der Waals surface area contributed by atoms with E-state index in [2.05, 4.69) is 9.97 Å². The van der Waals surface area contributed by atoms with Gasteiger partial charge in [0.05, 0.1) is 6.54 Å². The second-order valence-electron chi connectivity index (χ2n) is 3.20. The number of halogens is 3. The third-order valence-electron chi connectivity index (χ3n) is 2.11. The quantitative estimate of drug-likeness (QED) is 0.723. The van der Waals surface area contributed by atoms with Gasteiger partial charge in [-0.3, -0.25) is 0 Å². The average Bonchev–Trinajstić information content (AvgIpc) is 2.47. The zero-order chi connectivity index (χ0) is 10.2. The van der Waals surface area contributed by atoms with Crippen LogP contribution in [0.5, 0.6) is 0 Å². The monoisotopic (exact) mass is 219 g/mol. The van der Waals surface area contributed by atoms with Crippen molar-refractivity contribution >= 4 is 17.4 Å². The van der Waals surface area contributed by atoms with Crippen LogP contribution in [0.25, 0.3) is 0 Å². The molecule has 2 heterocycles. The Morgan fingerprint density at radius 3 is 2.64 bits per heavy atom. The summed E-state index contributed by atoms with van der Waals surface area (Å²) >= 11 is 5.74. The van der Waals surface area contributed by atoms with Crippen LogP contribution in [0.15, 0.2) is 12.4 Å². The molecular weight excluding hydrogens is 212 g/mol. The first kappa shape index (κ1) is 9.58. The van der Waals surface area contributed by atoms with Crippen molar-refractivity contribution in [2.75, 3.05) is 18.0 Å². The first-order chi connectivity index (χ1) is 6.58. The second-order valence-corrected chi connectivity index (χ2v) is 3.56. The Kier molecular flexibility index (Phi) is 2.26. The van der Waals surface area contributed by atoms with E-state index in [-0.39, 0.29) is 24.7 Å². The predicted molar refractivity (Wildman–Crippen MR) is 48.8 cm³/mol. The highest BCUT2D eigenvalue weighted by molar-refractivity contribution is 6.31. The molecule has 1 aromatic rings. The van der Waals surface area contributed by atoms with Crippen molar-refractivity contribution in [2.45, 2.75) is 12.3 Å². The number of nitrogens with zero attached hydrogens (tertiary/aromatic N) is 3. The van der Waals surface area contributed by atoms with Gasteiger partial charge in [0, 0.05) is 25.4 Å². The average molecular weight is 220 g/mol. The molecule has 0 spiro atoms. The zero-order valence-corrected chi connectivity index (χ0v) is 8.01. The van der Waals surface area contributed by atoms with Crippen molar-refractivity contribution in [3.63, 3.8) is 0 Å². The molecule has 0 amide bonds. The molecule has 14 heavy (non-hydrogen) atoms. The van der Waals surface area contributed by atoms with Gasteiger partial charge in [-0.1, -0.05) is 11.6 Å². The fourth-order valence-corrected chi connectivity index (χ4v) is 1.67. The predicted octanol–water partition coefficient (Wildman–Crippen LogP) is 1.98. The van der Waals surface area contributed by atoms with Crippen LogP contribution >= 0.6 is 11.6 Å². The van der Waals surface area contributed by atoms with E-state index < -0.39 is 5.92 Å². The molecule has 2 rings (SSSR count). The molecule has 1 aliphatic heterocycles. The first-order valence-corrected chi connectivity index (χ1v) is 4.56. The summed E-state index contributed by atoms with van der Waals surface area (Å²) in [5.41, 5.74) is 0. The lowest BCUT2D eigenvalue weighted by molar-refractivity contribution is 0.0257. The lowest BCUT2D eigenvalue weighted by Crippen LogP contribution is -2.25. The van der Waals surface area contributed by atoms with Gasteiger partial charge < -0.3 is 4.90 Å². The Bertz CT molecular complexity index is 345. The van der Waals surface area contributed by atoms with Gasteiger partial charge in [0.2, 0.25) is 0 Å². The molecule has 6 heteroatoms. The maximum atomic E-state index is 12.9. The Morgan fingerprint density at radius 2 is 2.07 bits per heavy atom. The summed E-state index contributed by atoms with van der Waals surface area (Å²) in [6.45, 7) is -0.0587. The molecule has 0 atom stereocenters. The molecule has 76 valence electrons. The van der Waals surface area contributed by atoms with E-state index in [0.717, 1.165) is 0 Å².